The molecule has 0 N–H and O–H groups in total. The molecule has 0 aliphatic heterocycles. The summed E-state index contributed by atoms with van der Waals surface area (Å²) < 4.78 is 0. The van der Waals surface area contributed by atoms with Crippen molar-refractivity contribution in [3.05, 3.63) is 235 Å². The summed E-state index contributed by atoms with van der Waals surface area (Å²) in [4.78, 5) is 24.9. The van der Waals surface area contributed by atoms with E-state index >= 15 is 0 Å². The van der Waals surface area contributed by atoms with Crippen LogP contribution in [-0.4, -0.2) is 24.9 Å². The molecule has 284 valence electrons. The van der Waals surface area contributed by atoms with Crippen molar-refractivity contribution in [1.82, 2.24) is 24.9 Å². The Labute approximate surface area is 353 Å². The summed E-state index contributed by atoms with van der Waals surface area (Å²) in [5, 5.41) is 0. The van der Waals surface area contributed by atoms with Crippen molar-refractivity contribution in [2.45, 2.75) is 5.41 Å². The molecule has 2 aliphatic rings. The molecule has 0 bridgehead atoms. The van der Waals surface area contributed by atoms with Crippen molar-refractivity contribution < 1.29 is 0 Å². The minimum absolute atomic E-state index is 0.420. The Morgan fingerprint density at radius 1 is 0.279 bits per heavy atom. The van der Waals surface area contributed by atoms with Crippen LogP contribution in [0.4, 0.5) is 0 Å². The van der Waals surface area contributed by atoms with E-state index in [1.165, 1.54) is 44.5 Å². The quantitative estimate of drug-likeness (QED) is 0.168. The average Bonchev–Trinajstić information content (AvgIpc) is 3.82. The van der Waals surface area contributed by atoms with E-state index in [9.17, 15) is 0 Å². The van der Waals surface area contributed by atoms with E-state index in [4.69, 9.17) is 24.9 Å². The summed E-state index contributed by atoms with van der Waals surface area (Å²) in [6.07, 6.45) is 3.76. The molecule has 0 radical (unpaired) electrons. The second-order valence-electron chi connectivity index (χ2n) is 15.6. The van der Waals surface area contributed by atoms with E-state index in [1.54, 1.807) is 0 Å². The molecule has 12 rings (SSSR count). The van der Waals surface area contributed by atoms with Crippen molar-refractivity contribution in [2.75, 3.05) is 0 Å². The van der Waals surface area contributed by atoms with Gasteiger partial charge in [-0.25, -0.2) is 15.0 Å². The lowest BCUT2D eigenvalue weighted by molar-refractivity contribution is 0.794. The van der Waals surface area contributed by atoms with Crippen molar-refractivity contribution in [1.29, 1.82) is 0 Å². The summed E-state index contributed by atoms with van der Waals surface area (Å²) in [6, 6.07) is 70.8. The highest BCUT2D eigenvalue weighted by atomic mass is 15.1. The topological polar surface area (TPSA) is 64.5 Å². The van der Waals surface area contributed by atoms with E-state index in [0.717, 1.165) is 38.9 Å². The molecule has 0 fully saturated rings. The predicted molar refractivity (Wildman–Crippen MR) is 244 cm³/mol. The van der Waals surface area contributed by atoms with Gasteiger partial charge in [0.2, 0.25) is 0 Å². The van der Waals surface area contributed by atoms with Crippen LogP contribution in [0.25, 0.3) is 90.1 Å². The molecule has 2 aliphatic carbocycles. The molecular formula is C56H35N5. The van der Waals surface area contributed by atoms with E-state index in [0.29, 0.717) is 28.9 Å². The second kappa shape index (κ2) is 14.0. The summed E-state index contributed by atoms with van der Waals surface area (Å²) >= 11 is 0. The lowest BCUT2D eigenvalue weighted by Gasteiger charge is -2.30. The number of fused-ring (bicyclic) bond motifs is 10. The minimum Gasteiger partial charge on any atom is -0.252 e. The molecule has 3 heterocycles. The van der Waals surface area contributed by atoms with Gasteiger partial charge in [-0.1, -0.05) is 182 Å². The van der Waals surface area contributed by atoms with Crippen molar-refractivity contribution in [3.63, 3.8) is 0 Å². The molecule has 1 spiro atoms. The Hall–Kier alpha value is -8.15. The van der Waals surface area contributed by atoms with Gasteiger partial charge in [0.25, 0.3) is 0 Å². The number of nitrogens with zero attached hydrogens (tertiary/aromatic N) is 5. The van der Waals surface area contributed by atoms with Gasteiger partial charge < -0.3 is 0 Å². The molecule has 7 aromatic carbocycles. The van der Waals surface area contributed by atoms with Crippen LogP contribution in [0.5, 0.6) is 0 Å². The maximum absolute atomic E-state index is 5.11. The fourth-order valence-electron chi connectivity index (χ4n) is 9.60. The zero-order chi connectivity index (χ0) is 40.3. The van der Waals surface area contributed by atoms with Gasteiger partial charge >= 0.3 is 0 Å². The van der Waals surface area contributed by atoms with Gasteiger partial charge in [0.15, 0.2) is 17.5 Å². The number of hydrogen-bond acceptors (Lipinski definition) is 5. The Balaban J connectivity index is 1.01. The first-order valence-corrected chi connectivity index (χ1v) is 20.6. The fraction of sp³-hybridized carbons (Fsp3) is 0.0179. The van der Waals surface area contributed by atoms with E-state index in [2.05, 4.69) is 152 Å². The minimum atomic E-state index is -0.420. The maximum atomic E-state index is 5.11. The van der Waals surface area contributed by atoms with Gasteiger partial charge in [-0.3, -0.25) is 9.97 Å². The highest BCUT2D eigenvalue weighted by Crippen LogP contribution is 2.63. The molecule has 61 heavy (non-hydrogen) atoms. The van der Waals surface area contributed by atoms with Crippen molar-refractivity contribution in [2.24, 2.45) is 0 Å². The Morgan fingerprint density at radius 3 is 1.26 bits per heavy atom. The molecule has 0 amide bonds. The van der Waals surface area contributed by atoms with Gasteiger partial charge in [-0.2, -0.15) is 0 Å². The van der Waals surface area contributed by atoms with Crippen molar-refractivity contribution >= 4 is 0 Å². The molecular weight excluding hydrogens is 743 g/mol. The standard InChI is InChI=1S/C56H35N5/c1-3-15-36(16-4-1)40-29-31-50(57-34-40)54-59-53(60-55(61-54)51-32-30-41(35-58-51)37-17-5-2-6-18-37)39-20-13-19-38(33-39)42-24-14-28-49-52(42)45-23-9-12-27-48(45)56(49)46-25-10-7-21-43(46)44-22-8-11-26-47(44)56/h1-35H. The van der Waals surface area contributed by atoms with Crippen LogP contribution in [-0.2, 0) is 5.41 Å². The summed E-state index contributed by atoms with van der Waals surface area (Å²) in [7, 11) is 0. The fourth-order valence-corrected chi connectivity index (χ4v) is 9.60. The van der Waals surface area contributed by atoms with Crippen LogP contribution in [0.1, 0.15) is 22.3 Å². The van der Waals surface area contributed by atoms with Crippen LogP contribution in [0.3, 0.4) is 0 Å². The predicted octanol–water partition coefficient (Wildman–Crippen LogP) is 13.0. The van der Waals surface area contributed by atoms with E-state index in [1.807, 2.05) is 60.9 Å². The first kappa shape index (κ1) is 34.9. The summed E-state index contributed by atoms with van der Waals surface area (Å²) in [6.45, 7) is 0. The number of rotatable bonds is 6. The SMILES string of the molecule is c1ccc(-c2ccc(-c3nc(-c4cccc(-c5cccc6c5-c5ccccc5C65c6ccccc6-c6ccccc65)c4)nc(-c4ccc(-c5ccccc5)cn4)n3)nc2)cc1. The Morgan fingerprint density at radius 2 is 0.705 bits per heavy atom. The third-order valence-electron chi connectivity index (χ3n) is 12.3. The highest BCUT2D eigenvalue weighted by molar-refractivity contribution is 6.00. The number of aromatic nitrogens is 5. The van der Waals surface area contributed by atoms with Gasteiger partial charge in [-0.05, 0) is 85.0 Å². The first-order chi connectivity index (χ1) is 30.2. The van der Waals surface area contributed by atoms with Gasteiger partial charge in [0, 0.05) is 29.1 Å². The number of benzene rings is 7. The first-order valence-electron chi connectivity index (χ1n) is 20.6. The second-order valence-corrected chi connectivity index (χ2v) is 15.6. The van der Waals surface area contributed by atoms with Crippen LogP contribution in [0.15, 0.2) is 213 Å². The lowest BCUT2D eigenvalue weighted by atomic mass is 9.70. The summed E-state index contributed by atoms with van der Waals surface area (Å²) in [5.74, 6) is 1.51. The van der Waals surface area contributed by atoms with Crippen LogP contribution < -0.4 is 0 Å². The molecule has 5 nitrogen and oxygen atoms in total. The third-order valence-corrected chi connectivity index (χ3v) is 12.3. The number of hydrogen-bond donors (Lipinski definition) is 0. The van der Waals surface area contributed by atoms with Crippen LogP contribution >= 0.6 is 0 Å². The molecule has 3 aromatic heterocycles. The summed E-state index contributed by atoms with van der Waals surface area (Å²) in [5.41, 5.74) is 18.6. The Bertz CT molecular complexity index is 3140. The van der Waals surface area contributed by atoms with Crippen LogP contribution in [0.2, 0.25) is 0 Å². The van der Waals surface area contributed by atoms with Gasteiger partial charge in [-0.15, -0.1) is 0 Å². The molecule has 0 atom stereocenters. The van der Waals surface area contributed by atoms with Crippen LogP contribution in [0, 0.1) is 0 Å². The maximum Gasteiger partial charge on any atom is 0.182 e. The average molecular weight is 778 g/mol. The molecule has 0 saturated carbocycles. The number of pyridine rings is 2. The Kier molecular flexibility index (Phi) is 8.00. The van der Waals surface area contributed by atoms with E-state index in [-0.39, 0.29) is 0 Å². The zero-order valence-corrected chi connectivity index (χ0v) is 32.9. The largest absolute Gasteiger partial charge is 0.252 e. The molecule has 10 aromatic rings. The van der Waals surface area contributed by atoms with E-state index < -0.39 is 5.41 Å². The van der Waals surface area contributed by atoms with Gasteiger partial charge in [0.1, 0.15) is 11.4 Å². The van der Waals surface area contributed by atoms with Crippen molar-refractivity contribution in [3.8, 4) is 90.1 Å². The molecule has 0 unspecified atom stereocenters. The molecule has 5 heteroatoms. The highest BCUT2D eigenvalue weighted by Gasteiger charge is 2.51. The normalized spacial score (nSPS) is 12.7. The monoisotopic (exact) mass is 777 g/mol. The lowest BCUT2D eigenvalue weighted by Crippen LogP contribution is -2.25. The zero-order valence-electron chi connectivity index (χ0n) is 32.9. The van der Waals surface area contributed by atoms with Gasteiger partial charge in [0.05, 0.1) is 5.41 Å². The molecule has 0 saturated heterocycles. The smallest absolute Gasteiger partial charge is 0.182 e. The third kappa shape index (κ3) is 5.52.